The van der Waals surface area contributed by atoms with E-state index in [4.69, 9.17) is 4.74 Å². The molecule has 0 saturated heterocycles. The SMILES string of the molecule is COc1cc(F)c([N+](=O)[O-])cc1Nc1nccc(-c2c3n(c4ccccc24)CCC3=O)n1. The van der Waals surface area contributed by atoms with Gasteiger partial charge in [-0.25, -0.2) is 9.97 Å². The molecule has 0 bridgehead atoms. The van der Waals surface area contributed by atoms with Gasteiger partial charge in [-0.1, -0.05) is 18.2 Å². The minimum atomic E-state index is -1.01. The third-order valence-electron chi connectivity index (χ3n) is 5.42. The van der Waals surface area contributed by atoms with Crippen LogP contribution in [0.5, 0.6) is 5.75 Å². The number of nitrogens with zero attached hydrogens (tertiary/aromatic N) is 4. The summed E-state index contributed by atoms with van der Waals surface area (Å²) in [7, 11) is 1.32. The van der Waals surface area contributed by atoms with Crippen LogP contribution in [-0.4, -0.2) is 32.4 Å². The fraction of sp³-hybridized carbons (Fsp3) is 0.136. The van der Waals surface area contributed by atoms with Gasteiger partial charge in [-0.05, 0) is 12.1 Å². The molecular weight excluding hydrogens is 417 g/mol. The predicted molar refractivity (Wildman–Crippen MR) is 115 cm³/mol. The van der Waals surface area contributed by atoms with Gasteiger partial charge in [0.2, 0.25) is 11.8 Å². The van der Waals surface area contributed by atoms with Crippen molar-refractivity contribution in [3.05, 3.63) is 70.3 Å². The molecule has 0 amide bonds. The Morgan fingerprint density at radius 3 is 2.84 bits per heavy atom. The predicted octanol–water partition coefficient (Wildman–Crippen LogP) is 4.48. The summed E-state index contributed by atoms with van der Waals surface area (Å²) in [6.07, 6.45) is 1.95. The zero-order valence-electron chi connectivity index (χ0n) is 16.8. The number of hydrogen-bond acceptors (Lipinski definition) is 7. The molecule has 2 aromatic heterocycles. The van der Waals surface area contributed by atoms with Crippen LogP contribution in [0.4, 0.5) is 21.7 Å². The molecule has 0 aliphatic carbocycles. The summed E-state index contributed by atoms with van der Waals surface area (Å²) in [5.41, 5.74) is 2.23. The first kappa shape index (κ1) is 19.6. The number of aryl methyl sites for hydroxylation is 1. The van der Waals surface area contributed by atoms with Gasteiger partial charge in [-0.2, -0.15) is 4.39 Å². The first-order chi connectivity index (χ1) is 15.5. The summed E-state index contributed by atoms with van der Waals surface area (Å²) in [5.74, 6) is -0.787. The molecule has 0 unspecified atom stereocenters. The Morgan fingerprint density at radius 2 is 2.06 bits per heavy atom. The topological polar surface area (TPSA) is 112 Å². The van der Waals surface area contributed by atoms with Crippen molar-refractivity contribution in [1.29, 1.82) is 0 Å². The second-order valence-corrected chi connectivity index (χ2v) is 7.22. The number of para-hydroxylation sites is 1. The molecule has 10 heteroatoms. The third-order valence-corrected chi connectivity index (χ3v) is 5.42. The number of anilines is 2. The zero-order valence-corrected chi connectivity index (χ0v) is 16.8. The smallest absolute Gasteiger partial charge is 0.307 e. The summed E-state index contributed by atoms with van der Waals surface area (Å²) < 4.78 is 21.1. The van der Waals surface area contributed by atoms with Crippen LogP contribution in [0.3, 0.4) is 0 Å². The lowest BCUT2D eigenvalue weighted by atomic mass is 10.0. The van der Waals surface area contributed by atoms with E-state index in [1.54, 1.807) is 6.07 Å². The van der Waals surface area contributed by atoms with E-state index >= 15 is 0 Å². The molecule has 2 aromatic carbocycles. The van der Waals surface area contributed by atoms with Gasteiger partial charge in [0.15, 0.2) is 5.78 Å². The monoisotopic (exact) mass is 433 g/mol. The van der Waals surface area contributed by atoms with Crippen LogP contribution in [0.1, 0.15) is 16.9 Å². The van der Waals surface area contributed by atoms with Gasteiger partial charge in [0.1, 0.15) is 5.75 Å². The second-order valence-electron chi connectivity index (χ2n) is 7.22. The summed E-state index contributed by atoms with van der Waals surface area (Å²) in [6.45, 7) is 0.612. The molecule has 3 heterocycles. The number of ketones is 1. The Labute approximate surface area is 180 Å². The van der Waals surface area contributed by atoms with E-state index in [9.17, 15) is 19.3 Å². The molecule has 160 valence electrons. The van der Waals surface area contributed by atoms with Gasteiger partial charge in [-0.15, -0.1) is 0 Å². The van der Waals surface area contributed by atoms with Gasteiger partial charge in [0.25, 0.3) is 0 Å². The van der Waals surface area contributed by atoms with Crippen LogP contribution in [0.2, 0.25) is 0 Å². The van der Waals surface area contributed by atoms with Crippen molar-refractivity contribution < 1.29 is 18.8 Å². The maximum atomic E-state index is 14.0. The van der Waals surface area contributed by atoms with Gasteiger partial charge < -0.3 is 14.6 Å². The van der Waals surface area contributed by atoms with E-state index in [1.807, 2.05) is 28.8 Å². The minimum Gasteiger partial charge on any atom is -0.494 e. The van der Waals surface area contributed by atoms with E-state index in [-0.39, 0.29) is 23.2 Å². The number of carbonyl (C=O) groups excluding carboxylic acids is 1. The van der Waals surface area contributed by atoms with Crippen LogP contribution >= 0.6 is 0 Å². The number of nitro groups is 1. The lowest BCUT2D eigenvalue weighted by Gasteiger charge is -2.11. The first-order valence-corrected chi connectivity index (χ1v) is 9.74. The van der Waals surface area contributed by atoms with E-state index in [0.29, 0.717) is 29.9 Å². The van der Waals surface area contributed by atoms with Crippen LogP contribution in [0.25, 0.3) is 22.2 Å². The Morgan fingerprint density at radius 1 is 1.25 bits per heavy atom. The van der Waals surface area contributed by atoms with Crippen molar-refractivity contribution >= 4 is 34.0 Å². The molecule has 0 radical (unpaired) electrons. The molecule has 1 N–H and O–H groups in total. The van der Waals surface area contributed by atoms with E-state index in [1.165, 1.54) is 13.3 Å². The highest BCUT2D eigenvalue weighted by Crippen LogP contribution is 2.38. The zero-order chi connectivity index (χ0) is 22.4. The van der Waals surface area contributed by atoms with Crippen molar-refractivity contribution in [2.24, 2.45) is 0 Å². The summed E-state index contributed by atoms with van der Waals surface area (Å²) in [5, 5.41) is 14.9. The van der Waals surface area contributed by atoms with Gasteiger partial charge in [0.05, 0.1) is 29.1 Å². The van der Waals surface area contributed by atoms with E-state index < -0.39 is 16.4 Å². The number of Topliss-reactive ketones (excluding diaryl/α,β-unsaturated/α-hetero) is 1. The van der Waals surface area contributed by atoms with Gasteiger partial charge in [-0.3, -0.25) is 14.9 Å². The molecule has 1 aliphatic rings. The minimum absolute atomic E-state index is 0.0418. The van der Waals surface area contributed by atoms with Gasteiger partial charge >= 0.3 is 5.69 Å². The fourth-order valence-electron chi connectivity index (χ4n) is 4.05. The summed E-state index contributed by atoms with van der Waals surface area (Å²) in [4.78, 5) is 31.7. The average molecular weight is 433 g/mol. The number of halogens is 1. The average Bonchev–Trinajstić information content (AvgIpc) is 3.32. The number of fused-ring (bicyclic) bond motifs is 3. The van der Waals surface area contributed by atoms with Crippen molar-refractivity contribution in [2.75, 3.05) is 12.4 Å². The highest BCUT2D eigenvalue weighted by atomic mass is 19.1. The second kappa shape index (κ2) is 7.41. The summed E-state index contributed by atoms with van der Waals surface area (Å²) in [6, 6.07) is 11.4. The maximum absolute atomic E-state index is 14.0. The molecule has 4 aromatic rings. The molecule has 5 rings (SSSR count). The summed E-state index contributed by atoms with van der Waals surface area (Å²) >= 11 is 0. The normalized spacial score (nSPS) is 12.8. The van der Waals surface area contributed by atoms with Crippen LogP contribution in [0, 0.1) is 15.9 Å². The molecule has 0 fully saturated rings. The Hall–Kier alpha value is -4.34. The number of aromatic nitrogens is 3. The number of nitrogens with one attached hydrogen (secondary N) is 1. The van der Waals surface area contributed by atoms with E-state index in [2.05, 4.69) is 15.3 Å². The number of benzene rings is 2. The molecular formula is C22H16FN5O4. The van der Waals surface area contributed by atoms with Crippen LogP contribution in [-0.2, 0) is 6.54 Å². The largest absolute Gasteiger partial charge is 0.494 e. The Bertz CT molecular complexity index is 1420. The van der Waals surface area contributed by atoms with E-state index in [0.717, 1.165) is 23.0 Å². The third kappa shape index (κ3) is 3.04. The molecule has 32 heavy (non-hydrogen) atoms. The lowest BCUT2D eigenvalue weighted by molar-refractivity contribution is -0.387. The van der Waals surface area contributed by atoms with Gasteiger partial charge in [0, 0.05) is 47.8 Å². The Balaban J connectivity index is 1.61. The van der Waals surface area contributed by atoms with Crippen LogP contribution < -0.4 is 10.1 Å². The number of carbonyl (C=O) groups is 1. The molecule has 0 atom stereocenters. The van der Waals surface area contributed by atoms with Crippen LogP contribution in [0.15, 0.2) is 48.7 Å². The first-order valence-electron chi connectivity index (χ1n) is 9.74. The quantitative estimate of drug-likeness (QED) is 0.365. The highest BCUT2D eigenvalue weighted by Gasteiger charge is 2.29. The van der Waals surface area contributed by atoms with Crippen molar-refractivity contribution in [1.82, 2.24) is 14.5 Å². The Kier molecular flexibility index (Phi) is 4.54. The van der Waals surface area contributed by atoms with Crippen molar-refractivity contribution in [3.63, 3.8) is 0 Å². The van der Waals surface area contributed by atoms with Crippen molar-refractivity contribution in [2.45, 2.75) is 13.0 Å². The number of ether oxygens (including phenoxy) is 1. The number of nitro benzene ring substituents is 1. The fourth-order valence-corrected chi connectivity index (χ4v) is 4.05. The molecule has 0 spiro atoms. The molecule has 9 nitrogen and oxygen atoms in total. The standard InChI is InChI=1S/C22H16FN5O4/c1-32-19-10-13(23)17(28(30)31)11-15(19)26-22-24-8-6-14(25-22)20-12-4-2-3-5-16(12)27-9-7-18(29)21(20)27/h2-6,8,10-11H,7,9H2,1H3,(H,24,25,26). The number of methoxy groups -OCH3 is 1. The number of rotatable bonds is 5. The molecule has 0 saturated carbocycles. The number of hydrogen-bond donors (Lipinski definition) is 1. The maximum Gasteiger partial charge on any atom is 0.307 e. The molecule has 1 aliphatic heterocycles. The lowest BCUT2D eigenvalue weighted by Crippen LogP contribution is -2.03. The van der Waals surface area contributed by atoms with Crippen molar-refractivity contribution in [3.8, 4) is 17.0 Å². The highest BCUT2D eigenvalue weighted by molar-refractivity contribution is 6.12.